The first-order valence-corrected chi connectivity index (χ1v) is 15.1. The van der Waals surface area contributed by atoms with Gasteiger partial charge in [0.15, 0.2) is 11.6 Å². The molecule has 0 aliphatic rings. The first-order chi connectivity index (χ1) is 22.2. The summed E-state index contributed by atoms with van der Waals surface area (Å²) in [4.78, 5) is 14.4. The molecular formula is C40H27N5. The zero-order chi connectivity index (χ0) is 29.9. The SMILES string of the molecule is Cc1nc(-c2ccc(-n3c4ccccc4c4ccccc43)cc2)nc(-c2ccc(-n3c4ccccc4c4ccccc43)cc2)n1. The van der Waals surface area contributed by atoms with E-state index >= 15 is 0 Å². The first-order valence-electron chi connectivity index (χ1n) is 15.1. The van der Waals surface area contributed by atoms with Crippen LogP contribution < -0.4 is 0 Å². The zero-order valence-corrected chi connectivity index (χ0v) is 24.6. The van der Waals surface area contributed by atoms with Gasteiger partial charge in [-0.15, -0.1) is 0 Å². The molecule has 0 fully saturated rings. The number of fused-ring (bicyclic) bond motifs is 6. The Bertz CT molecular complexity index is 2250. The molecule has 0 saturated heterocycles. The molecule has 5 heteroatoms. The lowest BCUT2D eigenvalue weighted by atomic mass is 10.1. The summed E-state index contributed by atoms with van der Waals surface area (Å²) < 4.78 is 4.63. The van der Waals surface area contributed by atoms with E-state index < -0.39 is 0 Å². The third-order valence-electron chi connectivity index (χ3n) is 8.67. The van der Waals surface area contributed by atoms with Crippen LogP contribution in [0.1, 0.15) is 5.82 Å². The van der Waals surface area contributed by atoms with Crippen molar-refractivity contribution in [1.82, 2.24) is 24.1 Å². The van der Waals surface area contributed by atoms with E-state index in [0.717, 1.165) is 22.5 Å². The topological polar surface area (TPSA) is 48.5 Å². The summed E-state index contributed by atoms with van der Waals surface area (Å²) in [6.45, 7) is 1.92. The molecule has 6 aromatic carbocycles. The van der Waals surface area contributed by atoms with Crippen molar-refractivity contribution in [2.45, 2.75) is 6.92 Å². The molecule has 0 aliphatic carbocycles. The summed E-state index contributed by atoms with van der Waals surface area (Å²) >= 11 is 0. The van der Waals surface area contributed by atoms with Crippen molar-refractivity contribution in [3.8, 4) is 34.2 Å². The highest BCUT2D eigenvalue weighted by molar-refractivity contribution is 6.10. The molecule has 0 N–H and O–H groups in total. The summed E-state index contributed by atoms with van der Waals surface area (Å²) in [5, 5.41) is 5.00. The number of hydrogen-bond donors (Lipinski definition) is 0. The molecular weight excluding hydrogens is 550 g/mol. The van der Waals surface area contributed by atoms with Gasteiger partial charge in [0.05, 0.1) is 22.1 Å². The summed E-state index contributed by atoms with van der Waals surface area (Å²) in [5.74, 6) is 2.02. The van der Waals surface area contributed by atoms with Crippen LogP contribution in [0.25, 0.3) is 77.8 Å². The van der Waals surface area contributed by atoms with Crippen molar-refractivity contribution in [3.63, 3.8) is 0 Å². The van der Waals surface area contributed by atoms with Crippen LogP contribution in [0.4, 0.5) is 0 Å². The van der Waals surface area contributed by atoms with E-state index in [9.17, 15) is 0 Å². The molecule has 3 heterocycles. The van der Waals surface area contributed by atoms with E-state index in [0.29, 0.717) is 17.5 Å². The van der Waals surface area contributed by atoms with Crippen LogP contribution in [0.15, 0.2) is 146 Å². The number of aromatic nitrogens is 5. The summed E-state index contributed by atoms with van der Waals surface area (Å²) in [6, 6.07) is 51.2. The predicted octanol–water partition coefficient (Wildman–Crippen LogP) is 9.71. The molecule has 0 atom stereocenters. The Morgan fingerprint density at radius 2 is 0.667 bits per heavy atom. The van der Waals surface area contributed by atoms with Crippen molar-refractivity contribution in [1.29, 1.82) is 0 Å². The molecule has 9 rings (SSSR count). The molecule has 5 nitrogen and oxygen atoms in total. The number of nitrogens with zero attached hydrogens (tertiary/aromatic N) is 5. The average Bonchev–Trinajstić information content (AvgIpc) is 3.61. The minimum Gasteiger partial charge on any atom is -0.309 e. The fraction of sp³-hybridized carbons (Fsp3) is 0.0250. The van der Waals surface area contributed by atoms with Crippen molar-refractivity contribution >= 4 is 43.6 Å². The highest BCUT2D eigenvalue weighted by atomic mass is 15.0. The summed E-state index contributed by atoms with van der Waals surface area (Å²) in [5.41, 5.74) is 8.86. The fourth-order valence-corrected chi connectivity index (χ4v) is 6.66. The lowest BCUT2D eigenvalue weighted by Crippen LogP contribution is -2.00. The first kappa shape index (κ1) is 25.4. The molecule has 9 aromatic rings. The van der Waals surface area contributed by atoms with Gasteiger partial charge < -0.3 is 9.13 Å². The van der Waals surface area contributed by atoms with Crippen LogP contribution in [0.2, 0.25) is 0 Å². The normalized spacial score (nSPS) is 11.7. The van der Waals surface area contributed by atoms with Gasteiger partial charge in [-0.05, 0) is 79.7 Å². The minimum atomic E-state index is 0.665. The second kappa shape index (κ2) is 10.00. The third-order valence-corrected chi connectivity index (χ3v) is 8.67. The van der Waals surface area contributed by atoms with Gasteiger partial charge in [-0.3, -0.25) is 0 Å². The van der Waals surface area contributed by atoms with Gasteiger partial charge >= 0.3 is 0 Å². The van der Waals surface area contributed by atoms with E-state index in [2.05, 4.69) is 155 Å². The molecule has 0 radical (unpaired) electrons. The zero-order valence-electron chi connectivity index (χ0n) is 24.6. The molecule has 3 aromatic heterocycles. The van der Waals surface area contributed by atoms with Crippen molar-refractivity contribution in [2.75, 3.05) is 0 Å². The van der Waals surface area contributed by atoms with Gasteiger partial charge in [-0.1, -0.05) is 72.8 Å². The van der Waals surface area contributed by atoms with E-state index in [1.54, 1.807) is 0 Å². The fourth-order valence-electron chi connectivity index (χ4n) is 6.66. The van der Waals surface area contributed by atoms with E-state index in [1.807, 2.05) is 6.92 Å². The molecule has 0 spiro atoms. The van der Waals surface area contributed by atoms with Gasteiger partial charge in [-0.25, -0.2) is 15.0 Å². The molecule has 0 unspecified atom stereocenters. The second-order valence-electron chi connectivity index (χ2n) is 11.4. The Balaban J connectivity index is 1.08. The number of hydrogen-bond acceptors (Lipinski definition) is 3. The molecule has 0 aliphatic heterocycles. The van der Waals surface area contributed by atoms with E-state index in [4.69, 9.17) is 15.0 Å². The van der Waals surface area contributed by atoms with Crippen LogP contribution >= 0.6 is 0 Å². The highest BCUT2D eigenvalue weighted by Crippen LogP contribution is 2.34. The quantitative estimate of drug-likeness (QED) is 0.209. The Labute approximate surface area is 259 Å². The Morgan fingerprint density at radius 1 is 0.356 bits per heavy atom. The standard InChI is InChI=1S/C40H27N5/c1-26-41-39(27-18-22-29(23-19-27)44-35-14-6-2-10-31(35)32-11-3-7-15-36(32)44)43-40(42-26)28-20-24-30(25-21-28)45-37-16-8-4-12-33(37)34-13-5-9-17-38(34)45/h2-25H,1H3. The molecule has 45 heavy (non-hydrogen) atoms. The molecule has 0 bridgehead atoms. The highest BCUT2D eigenvalue weighted by Gasteiger charge is 2.15. The lowest BCUT2D eigenvalue weighted by Gasteiger charge is -2.11. The minimum absolute atomic E-state index is 0.665. The maximum Gasteiger partial charge on any atom is 0.163 e. The predicted molar refractivity (Wildman–Crippen MR) is 184 cm³/mol. The average molecular weight is 578 g/mol. The molecule has 0 amide bonds. The Kier molecular flexibility index (Phi) is 5.65. The van der Waals surface area contributed by atoms with Gasteiger partial charge in [0, 0.05) is 44.0 Å². The van der Waals surface area contributed by atoms with E-state index in [-0.39, 0.29) is 0 Å². The van der Waals surface area contributed by atoms with Crippen LogP contribution in [0.5, 0.6) is 0 Å². The smallest absolute Gasteiger partial charge is 0.163 e. The van der Waals surface area contributed by atoms with Crippen molar-refractivity contribution in [2.24, 2.45) is 0 Å². The van der Waals surface area contributed by atoms with Gasteiger partial charge in [-0.2, -0.15) is 0 Å². The van der Waals surface area contributed by atoms with Crippen molar-refractivity contribution in [3.05, 3.63) is 151 Å². The second-order valence-corrected chi connectivity index (χ2v) is 11.4. The van der Waals surface area contributed by atoms with Crippen LogP contribution in [-0.2, 0) is 0 Å². The number of benzene rings is 6. The number of aryl methyl sites for hydroxylation is 1. The van der Waals surface area contributed by atoms with Crippen LogP contribution in [0.3, 0.4) is 0 Å². The Hall–Kier alpha value is -6.07. The number of rotatable bonds is 4. The lowest BCUT2D eigenvalue weighted by molar-refractivity contribution is 0.991. The van der Waals surface area contributed by atoms with E-state index in [1.165, 1.54) is 43.6 Å². The van der Waals surface area contributed by atoms with Crippen LogP contribution in [0, 0.1) is 6.92 Å². The summed E-state index contributed by atoms with van der Waals surface area (Å²) in [7, 11) is 0. The van der Waals surface area contributed by atoms with Gasteiger partial charge in [0.1, 0.15) is 5.82 Å². The number of para-hydroxylation sites is 4. The summed E-state index contributed by atoms with van der Waals surface area (Å²) in [6.07, 6.45) is 0. The monoisotopic (exact) mass is 577 g/mol. The Morgan fingerprint density at radius 3 is 1.00 bits per heavy atom. The van der Waals surface area contributed by atoms with Gasteiger partial charge in [0.2, 0.25) is 0 Å². The molecule has 212 valence electrons. The third kappa shape index (κ3) is 4.05. The van der Waals surface area contributed by atoms with Crippen molar-refractivity contribution < 1.29 is 0 Å². The van der Waals surface area contributed by atoms with Crippen LogP contribution in [-0.4, -0.2) is 24.1 Å². The maximum atomic E-state index is 4.92. The largest absolute Gasteiger partial charge is 0.309 e. The van der Waals surface area contributed by atoms with Gasteiger partial charge in [0.25, 0.3) is 0 Å². The maximum absolute atomic E-state index is 4.92. The molecule has 0 saturated carbocycles.